The molecular weight excluding hydrogens is 204 g/mol. The zero-order valence-corrected chi connectivity index (χ0v) is 10.4. The number of anilines is 1. The molecule has 1 aromatic heterocycles. The van der Waals surface area contributed by atoms with Crippen molar-refractivity contribution in [1.29, 1.82) is 0 Å². The molecule has 0 radical (unpaired) electrons. The van der Waals surface area contributed by atoms with Crippen molar-refractivity contribution in [3.8, 4) is 0 Å². The summed E-state index contributed by atoms with van der Waals surface area (Å²) in [6, 6.07) is 1.83. The lowest BCUT2D eigenvalue weighted by atomic mass is 10.0. The Hall–Kier alpha value is -1.52. The molecule has 1 aromatic rings. The van der Waals surface area contributed by atoms with E-state index in [1.807, 2.05) is 40.1 Å². The Kier molecular flexibility index (Phi) is 3.93. The number of nitrogens with one attached hydrogen (secondary N) is 2. The first-order valence-corrected chi connectivity index (χ1v) is 5.47. The van der Waals surface area contributed by atoms with Gasteiger partial charge in [-0.15, -0.1) is 0 Å². The second-order valence-corrected chi connectivity index (χ2v) is 4.51. The molecule has 0 bridgehead atoms. The third-order valence-electron chi connectivity index (χ3n) is 2.51. The molecule has 0 aliphatic heterocycles. The number of aryl methyl sites for hydroxylation is 1. The number of hydrogen-bond donors (Lipinski definition) is 2. The van der Waals surface area contributed by atoms with Crippen LogP contribution in [-0.2, 0) is 11.8 Å². The van der Waals surface area contributed by atoms with Gasteiger partial charge in [-0.05, 0) is 20.3 Å². The Morgan fingerprint density at radius 3 is 2.75 bits per heavy atom. The average Bonchev–Trinajstić information content (AvgIpc) is 2.61. The predicted octanol–water partition coefficient (Wildman–Crippen LogP) is 1.14. The zero-order chi connectivity index (χ0) is 12.2. The minimum Gasteiger partial charge on any atom is -0.360 e. The van der Waals surface area contributed by atoms with Crippen molar-refractivity contribution in [3.63, 3.8) is 0 Å². The van der Waals surface area contributed by atoms with Crippen LogP contribution >= 0.6 is 0 Å². The molecule has 0 atom stereocenters. The monoisotopic (exact) mass is 224 g/mol. The van der Waals surface area contributed by atoms with E-state index in [0.29, 0.717) is 5.82 Å². The number of aromatic nitrogens is 2. The molecule has 0 spiro atoms. The molecule has 16 heavy (non-hydrogen) atoms. The minimum absolute atomic E-state index is 0.0162. The van der Waals surface area contributed by atoms with Gasteiger partial charge < -0.3 is 10.6 Å². The van der Waals surface area contributed by atoms with Gasteiger partial charge in [0.2, 0.25) is 5.91 Å². The van der Waals surface area contributed by atoms with Gasteiger partial charge in [-0.25, -0.2) is 0 Å². The minimum atomic E-state index is -0.150. The summed E-state index contributed by atoms with van der Waals surface area (Å²) in [5.41, 5.74) is -0.150. The number of rotatable bonds is 5. The summed E-state index contributed by atoms with van der Waals surface area (Å²) in [4.78, 5) is 11.6. The van der Waals surface area contributed by atoms with Gasteiger partial charge in [-0.1, -0.05) is 6.92 Å². The van der Waals surface area contributed by atoms with Crippen LogP contribution in [0, 0.1) is 0 Å². The van der Waals surface area contributed by atoms with E-state index in [0.717, 1.165) is 6.42 Å². The molecule has 0 fully saturated rings. The van der Waals surface area contributed by atoms with Crippen LogP contribution < -0.4 is 10.6 Å². The summed E-state index contributed by atoms with van der Waals surface area (Å²) >= 11 is 0. The van der Waals surface area contributed by atoms with Crippen LogP contribution in [0.25, 0.3) is 0 Å². The lowest BCUT2D eigenvalue weighted by Crippen LogP contribution is -2.45. The molecule has 1 heterocycles. The molecule has 90 valence electrons. The lowest BCUT2D eigenvalue weighted by molar-refractivity contribution is -0.121. The fourth-order valence-corrected chi connectivity index (χ4v) is 1.19. The fraction of sp³-hybridized carbons (Fsp3) is 0.636. The maximum Gasteiger partial charge on any atom is 0.239 e. The number of carbonyl (C=O) groups is 1. The van der Waals surface area contributed by atoms with Crippen LogP contribution in [0.15, 0.2) is 12.3 Å². The van der Waals surface area contributed by atoms with Crippen LogP contribution in [-0.4, -0.2) is 27.8 Å². The van der Waals surface area contributed by atoms with Gasteiger partial charge in [-0.2, -0.15) is 5.10 Å². The topological polar surface area (TPSA) is 59.0 Å². The lowest BCUT2D eigenvalue weighted by Gasteiger charge is -2.24. The summed E-state index contributed by atoms with van der Waals surface area (Å²) < 4.78 is 1.69. The summed E-state index contributed by atoms with van der Waals surface area (Å²) in [5.74, 6) is 0.699. The molecule has 0 aliphatic carbocycles. The van der Waals surface area contributed by atoms with E-state index in [4.69, 9.17) is 0 Å². The van der Waals surface area contributed by atoms with Gasteiger partial charge >= 0.3 is 0 Å². The molecule has 0 saturated carbocycles. The largest absolute Gasteiger partial charge is 0.360 e. The van der Waals surface area contributed by atoms with Gasteiger partial charge in [0, 0.05) is 24.8 Å². The van der Waals surface area contributed by atoms with E-state index in [2.05, 4.69) is 15.7 Å². The Morgan fingerprint density at radius 2 is 2.25 bits per heavy atom. The summed E-state index contributed by atoms with van der Waals surface area (Å²) in [7, 11) is 1.84. The second kappa shape index (κ2) is 5.01. The van der Waals surface area contributed by atoms with Gasteiger partial charge in [0.1, 0.15) is 5.82 Å². The van der Waals surface area contributed by atoms with Crippen LogP contribution in [0.3, 0.4) is 0 Å². The van der Waals surface area contributed by atoms with Crippen molar-refractivity contribution in [3.05, 3.63) is 12.3 Å². The van der Waals surface area contributed by atoms with E-state index >= 15 is 0 Å². The van der Waals surface area contributed by atoms with E-state index in [1.165, 1.54) is 0 Å². The maximum absolute atomic E-state index is 11.6. The van der Waals surface area contributed by atoms with E-state index in [1.54, 1.807) is 4.68 Å². The molecule has 1 amide bonds. The molecule has 0 unspecified atom stereocenters. The number of hydrogen-bond acceptors (Lipinski definition) is 3. The van der Waals surface area contributed by atoms with Gasteiger partial charge in [0.05, 0.1) is 6.54 Å². The smallest absolute Gasteiger partial charge is 0.239 e. The van der Waals surface area contributed by atoms with E-state index in [-0.39, 0.29) is 18.0 Å². The highest BCUT2D eigenvalue weighted by molar-refractivity contribution is 5.81. The summed E-state index contributed by atoms with van der Waals surface area (Å²) in [6.07, 6.45) is 2.73. The van der Waals surface area contributed by atoms with Crippen LogP contribution in [0.5, 0.6) is 0 Å². The van der Waals surface area contributed by atoms with Crippen LogP contribution in [0.4, 0.5) is 5.82 Å². The van der Waals surface area contributed by atoms with Crippen molar-refractivity contribution < 1.29 is 4.79 Å². The highest BCUT2D eigenvalue weighted by Gasteiger charge is 2.17. The Morgan fingerprint density at radius 1 is 1.56 bits per heavy atom. The average molecular weight is 224 g/mol. The first kappa shape index (κ1) is 12.5. The number of carbonyl (C=O) groups excluding carboxylic acids is 1. The SMILES string of the molecule is CCC(C)(C)NC(=O)CNc1ccn(C)n1. The number of amides is 1. The van der Waals surface area contributed by atoms with E-state index < -0.39 is 0 Å². The second-order valence-electron chi connectivity index (χ2n) is 4.51. The van der Waals surface area contributed by atoms with Crippen LogP contribution in [0.1, 0.15) is 27.2 Å². The first-order chi connectivity index (χ1) is 7.43. The van der Waals surface area contributed by atoms with Crippen molar-refractivity contribution in [2.45, 2.75) is 32.7 Å². The molecule has 2 N–H and O–H groups in total. The molecule has 0 aliphatic rings. The molecule has 0 saturated heterocycles. The Bertz CT molecular complexity index is 357. The Labute approximate surface area is 96.2 Å². The summed E-state index contributed by atoms with van der Waals surface area (Å²) in [5, 5.41) is 10.0. The van der Waals surface area contributed by atoms with Crippen molar-refractivity contribution in [2.75, 3.05) is 11.9 Å². The molecular formula is C11H20N4O. The highest BCUT2D eigenvalue weighted by Crippen LogP contribution is 2.06. The predicted molar refractivity (Wildman–Crippen MR) is 64.2 cm³/mol. The zero-order valence-electron chi connectivity index (χ0n) is 10.4. The van der Waals surface area contributed by atoms with Gasteiger partial charge in [-0.3, -0.25) is 9.48 Å². The standard InChI is InChI=1S/C11H20N4O/c1-5-11(2,3)13-10(16)8-12-9-6-7-15(4)14-9/h6-7H,5,8H2,1-4H3,(H,12,14)(H,13,16). The van der Waals surface area contributed by atoms with Crippen molar-refractivity contribution in [1.82, 2.24) is 15.1 Å². The third kappa shape index (κ3) is 3.92. The quantitative estimate of drug-likeness (QED) is 0.788. The number of nitrogens with zero attached hydrogens (tertiary/aromatic N) is 2. The Balaban J connectivity index is 2.36. The molecule has 0 aromatic carbocycles. The normalized spacial score (nSPS) is 11.2. The molecule has 1 rings (SSSR count). The van der Waals surface area contributed by atoms with E-state index in [9.17, 15) is 4.79 Å². The molecule has 5 nitrogen and oxygen atoms in total. The van der Waals surface area contributed by atoms with Crippen molar-refractivity contribution in [2.24, 2.45) is 7.05 Å². The van der Waals surface area contributed by atoms with Crippen molar-refractivity contribution >= 4 is 11.7 Å². The molecule has 5 heteroatoms. The fourth-order valence-electron chi connectivity index (χ4n) is 1.19. The van der Waals surface area contributed by atoms with Gasteiger partial charge in [0.15, 0.2) is 0 Å². The first-order valence-electron chi connectivity index (χ1n) is 5.47. The third-order valence-corrected chi connectivity index (χ3v) is 2.51. The van der Waals surface area contributed by atoms with Gasteiger partial charge in [0.25, 0.3) is 0 Å². The maximum atomic E-state index is 11.6. The highest BCUT2D eigenvalue weighted by atomic mass is 16.2. The summed E-state index contributed by atoms with van der Waals surface area (Å²) in [6.45, 7) is 6.31. The van der Waals surface area contributed by atoms with Crippen LogP contribution in [0.2, 0.25) is 0 Å².